The average molecular weight is 323 g/mol. The molecule has 1 aromatic carbocycles. The van der Waals surface area contributed by atoms with Crippen LogP contribution in [0, 0.1) is 5.82 Å². The third-order valence-corrected chi connectivity index (χ3v) is 3.43. The van der Waals surface area contributed by atoms with E-state index in [9.17, 15) is 9.18 Å². The number of benzene rings is 1. The third kappa shape index (κ3) is 5.04. The number of nitrogens with one attached hydrogen (secondary N) is 1. The van der Waals surface area contributed by atoms with Gasteiger partial charge in [-0.05, 0) is 44.9 Å². The van der Waals surface area contributed by atoms with Crippen LogP contribution in [0.5, 0.6) is 0 Å². The smallest absolute Gasteiger partial charge is 0.227 e. The van der Waals surface area contributed by atoms with Crippen molar-refractivity contribution in [1.29, 1.82) is 0 Å². The van der Waals surface area contributed by atoms with Crippen LogP contribution in [0.4, 0.5) is 4.39 Å². The number of carbonyl (C=O) groups is 1. The highest BCUT2D eigenvalue weighted by atomic mass is 19.1. The number of halogens is 1. The normalized spacial score (nSPS) is 14.7. The highest BCUT2D eigenvalue weighted by Gasteiger charge is 2.18. The van der Waals surface area contributed by atoms with E-state index in [0.717, 1.165) is 16.5 Å². The molecule has 23 heavy (non-hydrogen) atoms. The number of ether oxygens (including phenoxy) is 1. The highest BCUT2D eigenvalue weighted by Crippen LogP contribution is 2.20. The van der Waals surface area contributed by atoms with Gasteiger partial charge in [-0.25, -0.2) is 4.39 Å². The summed E-state index contributed by atoms with van der Waals surface area (Å²) in [5.74, 6) is -0.186. The molecule has 2 heterocycles. The Balaban J connectivity index is 0.000000522. The van der Waals surface area contributed by atoms with Gasteiger partial charge in [-0.15, -0.1) is 0 Å². The van der Waals surface area contributed by atoms with Crippen LogP contribution in [0.3, 0.4) is 0 Å². The Labute approximate surface area is 137 Å². The zero-order valence-corrected chi connectivity index (χ0v) is 13.9. The summed E-state index contributed by atoms with van der Waals surface area (Å²) in [5.41, 5.74) is 1.64. The Morgan fingerprint density at radius 2 is 2.00 bits per heavy atom. The minimum Gasteiger partial charge on any atom is -0.378 e. The van der Waals surface area contributed by atoms with E-state index in [1.54, 1.807) is 12.3 Å². The van der Waals surface area contributed by atoms with E-state index in [1.165, 1.54) is 12.1 Å². The maximum absolute atomic E-state index is 13.1. The molecule has 0 saturated carbocycles. The first-order valence-corrected chi connectivity index (χ1v) is 7.69. The van der Waals surface area contributed by atoms with Crippen molar-refractivity contribution in [3.05, 3.63) is 35.8 Å². The lowest BCUT2D eigenvalue weighted by Crippen LogP contribution is -2.41. The summed E-state index contributed by atoms with van der Waals surface area (Å²) in [4.78, 5) is 19.0. The number of fused-ring (bicyclic) bond motifs is 1. The molecule has 0 spiro atoms. The standard InChI is InChI=1S/C14H15FN2O2.C3H9N.H2/c15-11-1-2-12-10(9-16-13(12)8-11)7-14(18)17-3-5-19-6-4-17;1-4(2)3;/h1-2,8-9,16H,3-7H2;1-3H3;1H. The number of nitrogens with zero attached hydrogens (tertiary/aromatic N) is 2. The van der Waals surface area contributed by atoms with E-state index in [-0.39, 0.29) is 13.2 Å². The monoisotopic (exact) mass is 323 g/mol. The number of amides is 1. The van der Waals surface area contributed by atoms with Crippen LogP contribution in [-0.4, -0.2) is 68.1 Å². The molecule has 1 fully saturated rings. The maximum Gasteiger partial charge on any atom is 0.227 e. The summed E-state index contributed by atoms with van der Waals surface area (Å²) in [5, 5.41) is 0.906. The predicted molar refractivity (Wildman–Crippen MR) is 91.1 cm³/mol. The molecule has 128 valence electrons. The molecule has 1 aromatic heterocycles. The minimum absolute atomic E-state index is 0. The van der Waals surface area contributed by atoms with Crippen LogP contribution in [0.2, 0.25) is 0 Å². The van der Waals surface area contributed by atoms with Crippen molar-refractivity contribution in [3.8, 4) is 0 Å². The van der Waals surface area contributed by atoms with Crippen molar-refractivity contribution in [2.24, 2.45) is 0 Å². The fourth-order valence-corrected chi connectivity index (χ4v) is 2.39. The Hall–Kier alpha value is -1.92. The molecule has 6 heteroatoms. The number of hydrogen-bond acceptors (Lipinski definition) is 3. The maximum atomic E-state index is 13.1. The van der Waals surface area contributed by atoms with Gasteiger partial charge in [0, 0.05) is 31.6 Å². The Bertz CT molecular complexity index is 652. The van der Waals surface area contributed by atoms with Crippen LogP contribution < -0.4 is 0 Å². The molecule has 5 nitrogen and oxygen atoms in total. The first-order valence-electron chi connectivity index (χ1n) is 7.69. The fourth-order valence-electron chi connectivity index (χ4n) is 2.39. The summed E-state index contributed by atoms with van der Waals surface area (Å²) in [6.07, 6.45) is 2.12. The van der Waals surface area contributed by atoms with Crippen LogP contribution >= 0.6 is 0 Å². The van der Waals surface area contributed by atoms with Gasteiger partial charge in [0.15, 0.2) is 0 Å². The summed E-state index contributed by atoms with van der Waals surface area (Å²) < 4.78 is 18.3. The Morgan fingerprint density at radius 1 is 1.35 bits per heavy atom. The van der Waals surface area contributed by atoms with Crippen molar-refractivity contribution in [1.82, 2.24) is 14.8 Å². The van der Waals surface area contributed by atoms with Crippen molar-refractivity contribution in [2.45, 2.75) is 6.42 Å². The minimum atomic E-state index is -0.277. The topological polar surface area (TPSA) is 48.6 Å². The number of carbonyl (C=O) groups excluding carboxylic acids is 1. The average Bonchev–Trinajstić information content (AvgIpc) is 2.89. The van der Waals surface area contributed by atoms with E-state index in [0.29, 0.717) is 32.7 Å². The van der Waals surface area contributed by atoms with Gasteiger partial charge in [0.25, 0.3) is 0 Å². The first-order chi connectivity index (χ1) is 11.0. The number of H-pyrrole nitrogens is 1. The number of hydrogen-bond donors (Lipinski definition) is 1. The van der Waals surface area contributed by atoms with Crippen LogP contribution in [0.15, 0.2) is 24.4 Å². The van der Waals surface area contributed by atoms with Crippen molar-refractivity contribution >= 4 is 16.8 Å². The summed E-state index contributed by atoms with van der Waals surface area (Å²) in [7, 11) is 6.00. The zero-order chi connectivity index (χ0) is 16.8. The molecule has 3 rings (SSSR count). The zero-order valence-electron chi connectivity index (χ0n) is 13.9. The van der Waals surface area contributed by atoms with Crippen molar-refractivity contribution < 1.29 is 15.3 Å². The Kier molecular flexibility index (Phi) is 6.12. The molecule has 0 radical (unpaired) electrons. The Morgan fingerprint density at radius 3 is 2.65 bits per heavy atom. The second-order valence-corrected chi connectivity index (χ2v) is 6.02. The summed E-state index contributed by atoms with van der Waals surface area (Å²) in [6.45, 7) is 2.50. The van der Waals surface area contributed by atoms with Gasteiger partial charge in [0.2, 0.25) is 5.91 Å². The lowest BCUT2D eigenvalue weighted by molar-refractivity contribution is -0.134. The molecular weight excluding hydrogens is 297 g/mol. The van der Waals surface area contributed by atoms with Gasteiger partial charge in [0.05, 0.1) is 19.6 Å². The molecule has 1 saturated heterocycles. The summed E-state index contributed by atoms with van der Waals surface area (Å²) in [6, 6.07) is 4.57. The molecule has 0 aliphatic carbocycles. The van der Waals surface area contributed by atoms with Gasteiger partial charge < -0.3 is 19.5 Å². The van der Waals surface area contributed by atoms with Crippen LogP contribution in [-0.2, 0) is 16.0 Å². The quantitative estimate of drug-likeness (QED) is 0.921. The first kappa shape index (κ1) is 17.4. The van der Waals surface area contributed by atoms with E-state index in [2.05, 4.69) is 4.98 Å². The van der Waals surface area contributed by atoms with Gasteiger partial charge in [-0.3, -0.25) is 4.79 Å². The lowest BCUT2D eigenvalue weighted by atomic mass is 10.1. The molecular formula is C17H26FN3O2. The third-order valence-electron chi connectivity index (χ3n) is 3.43. The molecule has 0 bridgehead atoms. The van der Waals surface area contributed by atoms with E-state index < -0.39 is 0 Å². The van der Waals surface area contributed by atoms with Gasteiger partial charge >= 0.3 is 0 Å². The molecule has 0 atom stereocenters. The van der Waals surface area contributed by atoms with Gasteiger partial charge in [-0.1, -0.05) is 0 Å². The van der Waals surface area contributed by atoms with E-state index in [1.807, 2.05) is 30.9 Å². The molecule has 0 unspecified atom stereocenters. The van der Waals surface area contributed by atoms with Crippen molar-refractivity contribution in [2.75, 3.05) is 47.4 Å². The van der Waals surface area contributed by atoms with E-state index >= 15 is 0 Å². The second-order valence-electron chi connectivity index (χ2n) is 6.02. The number of morpholine rings is 1. The molecule has 1 amide bonds. The lowest BCUT2D eigenvalue weighted by Gasteiger charge is -2.26. The van der Waals surface area contributed by atoms with Gasteiger partial charge in [-0.2, -0.15) is 0 Å². The SMILES string of the molecule is CN(C)C.O=C(Cc1c[nH]c2cc(F)ccc12)N1CCOCC1.[HH]. The fraction of sp³-hybridized carbons (Fsp3) is 0.471. The molecule has 2 aromatic rings. The summed E-state index contributed by atoms with van der Waals surface area (Å²) >= 11 is 0. The van der Waals surface area contributed by atoms with Crippen LogP contribution in [0.1, 0.15) is 6.99 Å². The van der Waals surface area contributed by atoms with Gasteiger partial charge in [0.1, 0.15) is 5.82 Å². The molecule has 1 aliphatic rings. The molecule has 1 N–H and O–H groups in total. The number of aromatic amines is 1. The highest BCUT2D eigenvalue weighted by molar-refractivity contribution is 5.89. The van der Waals surface area contributed by atoms with Crippen LogP contribution in [0.25, 0.3) is 10.9 Å². The van der Waals surface area contributed by atoms with Crippen molar-refractivity contribution in [3.63, 3.8) is 0 Å². The van der Waals surface area contributed by atoms with E-state index in [4.69, 9.17) is 4.74 Å². The predicted octanol–water partition coefficient (Wildman–Crippen LogP) is 2.13. The number of aromatic nitrogens is 1. The molecule has 1 aliphatic heterocycles. The number of rotatable bonds is 2. The largest absolute Gasteiger partial charge is 0.378 e. The second kappa shape index (κ2) is 8.08.